The first-order chi connectivity index (χ1) is 15.5. The van der Waals surface area contributed by atoms with Crippen LogP contribution in [0, 0.1) is 0 Å². The predicted molar refractivity (Wildman–Crippen MR) is 121 cm³/mol. The number of anilines is 2. The third-order valence-electron chi connectivity index (χ3n) is 4.82. The zero-order chi connectivity index (χ0) is 22.5. The number of amides is 2. The van der Waals surface area contributed by atoms with Gasteiger partial charge < -0.3 is 20.1 Å². The SMILES string of the molecule is COc1ccc(C(=O)Nc2cccc(/C=C/C(=O)c3ccc4c(c3)NC(=O)CO4)c2)cc1. The molecule has 7 nitrogen and oxygen atoms in total. The maximum atomic E-state index is 12.6. The van der Waals surface area contributed by atoms with Crippen LogP contribution in [0.1, 0.15) is 26.3 Å². The molecule has 0 fully saturated rings. The molecule has 2 N–H and O–H groups in total. The highest BCUT2D eigenvalue weighted by molar-refractivity contribution is 6.08. The number of rotatable bonds is 6. The van der Waals surface area contributed by atoms with Crippen molar-refractivity contribution in [1.82, 2.24) is 0 Å². The van der Waals surface area contributed by atoms with E-state index >= 15 is 0 Å². The number of benzene rings is 3. The average Bonchev–Trinajstić information content (AvgIpc) is 2.82. The molecule has 0 saturated carbocycles. The number of methoxy groups -OCH3 is 1. The summed E-state index contributed by atoms with van der Waals surface area (Å²) in [7, 11) is 1.57. The first-order valence-electron chi connectivity index (χ1n) is 9.86. The van der Waals surface area contributed by atoms with Gasteiger partial charge in [0.2, 0.25) is 0 Å². The lowest BCUT2D eigenvalue weighted by molar-refractivity contribution is -0.118. The molecule has 0 unspecified atom stereocenters. The van der Waals surface area contributed by atoms with Gasteiger partial charge in [0, 0.05) is 16.8 Å². The summed E-state index contributed by atoms with van der Waals surface area (Å²) in [5.41, 5.74) is 2.76. The number of hydrogen-bond donors (Lipinski definition) is 2. The average molecular weight is 428 g/mol. The minimum absolute atomic E-state index is 0.0362. The molecule has 0 atom stereocenters. The van der Waals surface area contributed by atoms with Crippen LogP contribution in [0.5, 0.6) is 11.5 Å². The largest absolute Gasteiger partial charge is 0.497 e. The van der Waals surface area contributed by atoms with E-state index in [-0.39, 0.29) is 24.2 Å². The van der Waals surface area contributed by atoms with Crippen molar-refractivity contribution < 1.29 is 23.9 Å². The Morgan fingerprint density at radius 3 is 2.59 bits per heavy atom. The van der Waals surface area contributed by atoms with E-state index in [0.29, 0.717) is 34.0 Å². The standard InChI is InChI=1S/C25H20N2O5/c1-31-20-9-6-17(7-10-20)25(30)26-19-4-2-3-16(13-19)5-11-22(28)18-8-12-23-21(14-18)27-24(29)15-32-23/h2-14H,15H2,1H3,(H,26,30)(H,27,29)/b11-5+. The van der Waals surface area contributed by atoms with Crippen LogP contribution in [0.3, 0.4) is 0 Å². The van der Waals surface area contributed by atoms with Gasteiger partial charge >= 0.3 is 0 Å². The minimum atomic E-state index is -0.258. The molecule has 160 valence electrons. The third-order valence-corrected chi connectivity index (χ3v) is 4.82. The quantitative estimate of drug-likeness (QED) is 0.454. The monoisotopic (exact) mass is 428 g/mol. The van der Waals surface area contributed by atoms with Crippen LogP contribution in [0.2, 0.25) is 0 Å². The van der Waals surface area contributed by atoms with Crippen molar-refractivity contribution >= 4 is 35.0 Å². The summed E-state index contributed by atoms with van der Waals surface area (Å²) < 4.78 is 10.4. The van der Waals surface area contributed by atoms with Gasteiger partial charge in [-0.05, 0) is 66.2 Å². The lowest BCUT2D eigenvalue weighted by Gasteiger charge is -2.17. The van der Waals surface area contributed by atoms with E-state index in [1.807, 2.05) is 6.07 Å². The normalized spacial score (nSPS) is 12.5. The van der Waals surface area contributed by atoms with E-state index in [0.717, 1.165) is 5.56 Å². The Kier molecular flexibility index (Phi) is 5.98. The van der Waals surface area contributed by atoms with E-state index in [1.165, 1.54) is 6.08 Å². The molecular formula is C25H20N2O5. The highest BCUT2D eigenvalue weighted by Crippen LogP contribution is 2.28. The molecule has 0 saturated heterocycles. The van der Waals surface area contributed by atoms with E-state index in [1.54, 1.807) is 73.8 Å². The summed E-state index contributed by atoms with van der Waals surface area (Å²) >= 11 is 0. The molecule has 4 rings (SSSR count). The number of carbonyl (C=O) groups excluding carboxylic acids is 3. The van der Waals surface area contributed by atoms with Crippen LogP contribution in [0.4, 0.5) is 11.4 Å². The van der Waals surface area contributed by atoms with Crippen LogP contribution in [-0.4, -0.2) is 31.3 Å². The second-order valence-corrected chi connectivity index (χ2v) is 7.05. The first-order valence-corrected chi connectivity index (χ1v) is 9.86. The van der Waals surface area contributed by atoms with Gasteiger partial charge in [-0.15, -0.1) is 0 Å². The highest BCUT2D eigenvalue weighted by Gasteiger charge is 2.17. The number of fused-ring (bicyclic) bond motifs is 1. The van der Waals surface area contributed by atoms with E-state index < -0.39 is 0 Å². The zero-order valence-corrected chi connectivity index (χ0v) is 17.3. The number of ether oxygens (including phenoxy) is 2. The summed E-state index contributed by atoms with van der Waals surface area (Å²) in [5.74, 6) is 0.479. The van der Waals surface area contributed by atoms with Crippen molar-refractivity contribution in [3.05, 3.63) is 89.5 Å². The van der Waals surface area contributed by atoms with Crippen LogP contribution in [0.15, 0.2) is 72.8 Å². The van der Waals surface area contributed by atoms with Gasteiger partial charge in [0.25, 0.3) is 11.8 Å². The predicted octanol–water partition coefficient (Wildman–Crippen LogP) is 4.17. The lowest BCUT2D eigenvalue weighted by atomic mass is 10.1. The van der Waals surface area contributed by atoms with Gasteiger partial charge in [-0.3, -0.25) is 14.4 Å². The topological polar surface area (TPSA) is 93.7 Å². The molecule has 0 radical (unpaired) electrons. The summed E-state index contributed by atoms with van der Waals surface area (Å²) in [6.45, 7) is -0.0362. The highest BCUT2D eigenvalue weighted by atomic mass is 16.5. The Morgan fingerprint density at radius 2 is 1.81 bits per heavy atom. The molecular weight excluding hydrogens is 408 g/mol. The molecule has 0 aliphatic carbocycles. The van der Waals surface area contributed by atoms with Crippen LogP contribution < -0.4 is 20.1 Å². The van der Waals surface area contributed by atoms with Gasteiger partial charge in [0.05, 0.1) is 12.8 Å². The Balaban J connectivity index is 1.44. The van der Waals surface area contributed by atoms with E-state index in [4.69, 9.17) is 9.47 Å². The maximum absolute atomic E-state index is 12.6. The Labute approximate surface area is 184 Å². The number of carbonyl (C=O) groups is 3. The number of allylic oxidation sites excluding steroid dienone is 1. The van der Waals surface area contributed by atoms with Crippen LogP contribution in [-0.2, 0) is 4.79 Å². The van der Waals surface area contributed by atoms with Crippen molar-refractivity contribution in [3.63, 3.8) is 0 Å². The number of ketones is 1. The maximum Gasteiger partial charge on any atom is 0.262 e. The lowest BCUT2D eigenvalue weighted by Crippen LogP contribution is -2.25. The van der Waals surface area contributed by atoms with Crippen LogP contribution in [0.25, 0.3) is 6.08 Å². The molecule has 3 aromatic rings. The molecule has 0 bridgehead atoms. The molecule has 0 spiro atoms. The summed E-state index contributed by atoms with van der Waals surface area (Å²) in [6, 6.07) is 18.9. The molecule has 1 heterocycles. The molecule has 3 aromatic carbocycles. The molecule has 32 heavy (non-hydrogen) atoms. The van der Waals surface area contributed by atoms with E-state index in [2.05, 4.69) is 10.6 Å². The van der Waals surface area contributed by atoms with Gasteiger partial charge in [-0.25, -0.2) is 0 Å². The summed E-state index contributed by atoms with van der Waals surface area (Å²) in [5, 5.41) is 5.53. The van der Waals surface area contributed by atoms with Gasteiger partial charge in [0.15, 0.2) is 12.4 Å². The fraction of sp³-hybridized carbons (Fsp3) is 0.0800. The summed E-state index contributed by atoms with van der Waals surface area (Å²) in [4.78, 5) is 36.5. The molecule has 2 amide bonds. The molecule has 1 aliphatic heterocycles. The number of nitrogens with one attached hydrogen (secondary N) is 2. The van der Waals surface area contributed by atoms with E-state index in [9.17, 15) is 14.4 Å². The Bertz CT molecular complexity index is 1220. The van der Waals surface area contributed by atoms with Gasteiger partial charge in [-0.1, -0.05) is 18.2 Å². The zero-order valence-electron chi connectivity index (χ0n) is 17.3. The number of hydrogen-bond acceptors (Lipinski definition) is 5. The summed E-state index contributed by atoms with van der Waals surface area (Å²) in [6.07, 6.45) is 3.11. The fourth-order valence-corrected chi connectivity index (χ4v) is 3.17. The van der Waals surface area contributed by atoms with Crippen molar-refractivity contribution in [1.29, 1.82) is 0 Å². The Hall–Kier alpha value is -4.39. The molecule has 0 aromatic heterocycles. The Morgan fingerprint density at radius 1 is 1.03 bits per heavy atom. The van der Waals surface area contributed by atoms with Crippen molar-refractivity contribution in [3.8, 4) is 11.5 Å². The smallest absolute Gasteiger partial charge is 0.262 e. The van der Waals surface area contributed by atoms with Crippen LogP contribution >= 0.6 is 0 Å². The molecule has 7 heteroatoms. The third kappa shape index (κ3) is 4.84. The minimum Gasteiger partial charge on any atom is -0.497 e. The second-order valence-electron chi connectivity index (χ2n) is 7.05. The van der Waals surface area contributed by atoms with Crippen molar-refractivity contribution in [2.75, 3.05) is 24.4 Å². The second kappa shape index (κ2) is 9.18. The molecule has 1 aliphatic rings. The van der Waals surface area contributed by atoms with Gasteiger partial charge in [-0.2, -0.15) is 0 Å². The first kappa shape index (κ1) is 20.9. The van der Waals surface area contributed by atoms with Gasteiger partial charge in [0.1, 0.15) is 11.5 Å². The van der Waals surface area contributed by atoms with Crippen molar-refractivity contribution in [2.45, 2.75) is 0 Å². The fourth-order valence-electron chi connectivity index (χ4n) is 3.17. The van der Waals surface area contributed by atoms with Crippen molar-refractivity contribution in [2.24, 2.45) is 0 Å².